The maximum absolute atomic E-state index is 5.32. The van der Waals surface area contributed by atoms with E-state index in [4.69, 9.17) is 4.74 Å². The molecule has 2 rings (SSSR count). The van der Waals surface area contributed by atoms with E-state index < -0.39 is 0 Å². The third-order valence-electron chi connectivity index (χ3n) is 3.10. The molecule has 1 heterocycles. The van der Waals surface area contributed by atoms with Crippen molar-refractivity contribution in [2.24, 2.45) is 7.05 Å². The quantitative estimate of drug-likeness (QED) is 0.823. The molecule has 108 valence electrons. The number of halogens is 1. The Balaban J connectivity index is 2.41. The van der Waals surface area contributed by atoms with Crippen LogP contribution in [0, 0.1) is 0 Å². The fourth-order valence-corrected chi connectivity index (χ4v) is 2.63. The van der Waals surface area contributed by atoms with Crippen LogP contribution in [0.4, 0.5) is 0 Å². The summed E-state index contributed by atoms with van der Waals surface area (Å²) in [5.41, 5.74) is 3.25. The lowest BCUT2D eigenvalue weighted by atomic mass is 10.0. The van der Waals surface area contributed by atoms with Gasteiger partial charge in [-0.25, -0.2) is 4.68 Å². The smallest absolute Gasteiger partial charge is 0.156 e. The van der Waals surface area contributed by atoms with Crippen LogP contribution in [0.2, 0.25) is 0 Å². The van der Waals surface area contributed by atoms with Crippen molar-refractivity contribution in [1.82, 2.24) is 20.3 Å². The first-order valence-electron chi connectivity index (χ1n) is 6.60. The fourth-order valence-electron chi connectivity index (χ4n) is 2.09. The number of hydrogen-bond acceptors (Lipinski definition) is 4. The van der Waals surface area contributed by atoms with Crippen molar-refractivity contribution in [3.05, 3.63) is 28.4 Å². The number of nitrogens with zero attached hydrogens (tertiary/aromatic N) is 3. The molecular weight excluding hydrogens is 320 g/mol. The first-order chi connectivity index (χ1) is 9.67. The summed E-state index contributed by atoms with van der Waals surface area (Å²) in [6.45, 7) is 3.93. The Morgan fingerprint density at radius 3 is 2.80 bits per heavy atom. The molecule has 0 bridgehead atoms. The zero-order chi connectivity index (χ0) is 14.5. The molecule has 0 radical (unpaired) electrons. The average molecular weight is 339 g/mol. The van der Waals surface area contributed by atoms with E-state index in [1.54, 1.807) is 11.8 Å². The van der Waals surface area contributed by atoms with Crippen LogP contribution < -0.4 is 10.1 Å². The Bertz CT molecular complexity index is 563. The molecule has 0 unspecified atom stereocenters. The second kappa shape index (κ2) is 6.85. The molecule has 0 spiro atoms. The van der Waals surface area contributed by atoms with Gasteiger partial charge in [-0.3, -0.25) is 0 Å². The molecule has 20 heavy (non-hydrogen) atoms. The van der Waals surface area contributed by atoms with Crippen molar-refractivity contribution in [3.8, 4) is 17.0 Å². The average Bonchev–Trinajstić information content (AvgIpc) is 2.78. The lowest BCUT2D eigenvalue weighted by Crippen LogP contribution is -2.15. The number of benzene rings is 1. The normalized spacial score (nSPS) is 10.8. The fraction of sp³-hybridized carbons (Fsp3) is 0.429. The van der Waals surface area contributed by atoms with Crippen molar-refractivity contribution in [2.75, 3.05) is 13.7 Å². The highest BCUT2D eigenvalue weighted by molar-refractivity contribution is 9.10. The zero-order valence-electron chi connectivity index (χ0n) is 12.0. The van der Waals surface area contributed by atoms with Gasteiger partial charge in [-0.2, -0.15) is 0 Å². The molecule has 0 saturated heterocycles. The Morgan fingerprint density at radius 2 is 2.20 bits per heavy atom. The summed E-state index contributed by atoms with van der Waals surface area (Å²) in [5.74, 6) is 0.855. The van der Waals surface area contributed by atoms with E-state index in [2.05, 4.69) is 44.5 Å². The second-order valence-electron chi connectivity index (χ2n) is 4.55. The van der Waals surface area contributed by atoms with Crippen LogP contribution in [0.15, 0.2) is 22.8 Å². The Morgan fingerprint density at radius 1 is 1.40 bits per heavy atom. The van der Waals surface area contributed by atoms with Crippen molar-refractivity contribution in [2.45, 2.75) is 19.9 Å². The molecule has 0 aliphatic carbocycles. The van der Waals surface area contributed by atoms with E-state index in [0.29, 0.717) is 0 Å². The van der Waals surface area contributed by atoms with E-state index in [1.165, 1.54) is 5.56 Å². The van der Waals surface area contributed by atoms with Gasteiger partial charge in [0.25, 0.3) is 0 Å². The number of ether oxygens (including phenoxy) is 1. The second-order valence-corrected chi connectivity index (χ2v) is 5.30. The summed E-state index contributed by atoms with van der Waals surface area (Å²) in [6.07, 6.45) is 1.11. The molecule has 2 aromatic rings. The van der Waals surface area contributed by atoms with Gasteiger partial charge in [0, 0.05) is 19.2 Å². The molecule has 6 heteroatoms. The maximum atomic E-state index is 5.32. The van der Waals surface area contributed by atoms with Gasteiger partial charge in [0.2, 0.25) is 0 Å². The van der Waals surface area contributed by atoms with E-state index in [9.17, 15) is 0 Å². The van der Waals surface area contributed by atoms with E-state index in [0.717, 1.165) is 41.1 Å². The van der Waals surface area contributed by atoms with Crippen LogP contribution in [-0.4, -0.2) is 28.6 Å². The number of aryl methyl sites for hydroxylation is 1. The van der Waals surface area contributed by atoms with Gasteiger partial charge < -0.3 is 10.1 Å². The molecule has 0 atom stereocenters. The zero-order valence-corrected chi connectivity index (χ0v) is 13.6. The topological polar surface area (TPSA) is 52.0 Å². The van der Waals surface area contributed by atoms with E-state index >= 15 is 0 Å². The third kappa shape index (κ3) is 3.19. The first kappa shape index (κ1) is 15.0. The minimum absolute atomic E-state index is 0.752. The number of nitrogens with one attached hydrogen (secondary N) is 1. The molecule has 0 amide bonds. The standard InChI is InChI=1S/C14H19BrN4O/c1-4-7-16-9-10-8-11(20-3)5-6-12(10)13-14(15)17-18-19(13)2/h5-6,8,16H,4,7,9H2,1-3H3. The molecule has 5 nitrogen and oxygen atoms in total. The van der Waals surface area contributed by atoms with Crippen molar-refractivity contribution < 1.29 is 4.74 Å². The van der Waals surface area contributed by atoms with E-state index in [1.807, 2.05) is 19.2 Å². The largest absolute Gasteiger partial charge is 0.497 e. The summed E-state index contributed by atoms with van der Waals surface area (Å²) in [6, 6.07) is 6.06. The first-order valence-corrected chi connectivity index (χ1v) is 7.39. The monoisotopic (exact) mass is 338 g/mol. The molecule has 0 saturated carbocycles. The highest BCUT2D eigenvalue weighted by atomic mass is 79.9. The summed E-state index contributed by atoms with van der Waals surface area (Å²) in [4.78, 5) is 0. The van der Waals surface area contributed by atoms with Gasteiger partial charge in [-0.15, -0.1) is 5.10 Å². The Labute approximate surface area is 127 Å². The van der Waals surface area contributed by atoms with Crippen LogP contribution in [0.25, 0.3) is 11.3 Å². The molecule has 0 fully saturated rings. The van der Waals surface area contributed by atoms with E-state index in [-0.39, 0.29) is 0 Å². The van der Waals surface area contributed by atoms with Crippen molar-refractivity contribution >= 4 is 15.9 Å². The summed E-state index contributed by atoms with van der Waals surface area (Å²) in [5, 5.41) is 11.5. The molecule has 0 aliphatic rings. The Kier molecular flexibility index (Phi) is 5.14. The predicted molar refractivity (Wildman–Crippen MR) is 82.7 cm³/mol. The number of aromatic nitrogens is 3. The minimum atomic E-state index is 0.752. The predicted octanol–water partition coefficient (Wildman–Crippen LogP) is 2.75. The molecule has 1 aromatic carbocycles. The van der Waals surface area contributed by atoms with Gasteiger partial charge in [0.05, 0.1) is 7.11 Å². The summed E-state index contributed by atoms with van der Waals surface area (Å²) < 4.78 is 7.84. The maximum Gasteiger partial charge on any atom is 0.156 e. The Hall–Kier alpha value is -1.40. The van der Waals surface area contributed by atoms with Gasteiger partial charge in [-0.1, -0.05) is 12.1 Å². The van der Waals surface area contributed by atoms with Gasteiger partial charge in [0.1, 0.15) is 11.4 Å². The lowest BCUT2D eigenvalue weighted by Gasteiger charge is -2.12. The van der Waals surface area contributed by atoms with Crippen LogP contribution in [-0.2, 0) is 13.6 Å². The van der Waals surface area contributed by atoms with Crippen LogP contribution in [0.5, 0.6) is 5.75 Å². The highest BCUT2D eigenvalue weighted by Gasteiger charge is 2.15. The van der Waals surface area contributed by atoms with Crippen LogP contribution in [0.1, 0.15) is 18.9 Å². The van der Waals surface area contributed by atoms with Crippen LogP contribution in [0.3, 0.4) is 0 Å². The minimum Gasteiger partial charge on any atom is -0.497 e. The third-order valence-corrected chi connectivity index (χ3v) is 3.63. The summed E-state index contributed by atoms with van der Waals surface area (Å²) in [7, 11) is 3.57. The van der Waals surface area contributed by atoms with Gasteiger partial charge >= 0.3 is 0 Å². The number of hydrogen-bond donors (Lipinski definition) is 1. The molecule has 1 N–H and O–H groups in total. The number of methoxy groups -OCH3 is 1. The number of rotatable bonds is 6. The molecule has 0 aliphatic heterocycles. The van der Waals surface area contributed by atoms with Gasteiger partial charge in [-0.05, 0) is 52.7 Å². The van der Waals surface area contributed by atoms with Crippen molar-refractivity contribution in [3.63, 3.8) is 0 Å². The van der Waals surface area contributed by atoms with Gasteiger partial charge in [0.15, 0.2) is 4.60 Å². The van der Waals surface area contributed by atoms with Crippen molar-refractivity contribution in [1.29, 1.82) is 0 Å². The van der Waals surface area contributed by atoms with Crippen LogP contribution >= 0.6 is 15.9 Å². The molecular formula is C14H19BrN4O. The lowest BCUT2D eigenvalue weighted by molar-refractivity contribution is 0.414. The summed E-state index contributed by atoms with van der Waals surface area (Å²) >= 11 is 3.46. The highest BCUT2D eigenvalue weighted by Crippen LogP contribution is 2.31. The SMILES string of the molecule is CCCNCc1cc(OC)ccc1-c1c(Br)nnn1C. The molecule has 1 aromatic heterocycles.